The first-order chi connectivity index (χ1) is 7.75. The summed E-state index contributed by atoms with van der Waals surface area (Å²) in [6, 6.07) is 0.789. The summed E-state index contributed by atoms with van der Waals surface area (Å²) in [7, 11) is 0. The van der Waals surface area contributed by atoms with Gasteiger partial charge < -0.3 is 10.1 Å². The van der Waals surface area contributed by atoms with Gasteiger partial charge in [-0.2, -0.15) is 0 Å². The van der Waals surface area contributed by atoms with Crippen LogP contribution < -0.4 is 10.1 Å². The maximum Gasteiger partial charge on any atom is 0.250 e. The highest BCUT2D eigenvalue weighted by Gasteiger charge is 2.53. The summed E-state index contributed by atoms with van der Waals surface area (Å²) < 4.78 is 31.0. The van der Waals surface area contributed by atoms with Crippen LogP contribution in [0.5, 0.6) is 5.88 Å². The third kappa shape index (κ3) is 2.35. The number of hydrogen-bond acceptors (Lipinski definition) is 3. The van der Waals surface area contributed by atoms with E-state index in [0.717, 1.165) is 25.4 Å². The van der Waals surface area contributed by atoms with E-state index in [4.69, 9.17) is 4.74 Å². The molecule has 1 saturated heterocycles. The molecule has 1 aromatic heterocycles. The minimum Gasteiger partial charge on any atom is -0.475 e. The molecular formula is C11H13ClF2N2O. The first-order valence-corrected chi connectivity index (χ1v) is 5.40. The van der Waals surface area contributed by atoms with E-state index in [9.17, 15) is 8.78 Å². The van der Waals surface area contributed by atoms with Crippen LogP contribution in [0.15, 0.2) is 12.3 Å². The van der Waals surface area contributed by atoms with Gasteiger partial charge in [-0.1, -0.05) is 0 Å². The standard InChI is InChI=1S/C11H12F2N2O.ClH/c12-6-1-10(13)11(15-2-6)16-5-9-7-3-14-4-8(7)9;/h1-2,7-9,14H,3-5H2;1H. The monoisotopic (exact) mass is 262 g/mol. The lowest BCUT2D eigenvalue weighted by Crippen LogP contribution is -2.18. The summed E-state index contributed by atoms with van der Waals surface area (Å²) in [5.74, 6) is 0.333. The molecule has 0 bridgehead atoms. The summed E-state index contributed by atoms with van der Waals surface area (Å²) in [4.78, 5) is 3.58. The fraction of sp³-hybridized carbons (Fsp3) is 0.545. The van der Waals surface area contributed by atoms with E-state index in [2.05, 4.69) is 10.3 Å². The summed E-state index contributed by atoms with van der Waals surface area (Å²) in [5, 5.41) is 3.27. The van der Waals surface area contributed by atoms with Gasteiger partial charge in [0.1, 0.15) is 5.82 Å². The molecule has 2 heterocycles. The number of fused-ring (bicyclic) bond motifs is 1. The van der Waals surface area contributed by atoms with Crippen LogP contribution in [0.4, 0.5) is 8.78 Å². The molecule has 0 radical (unpaired) electrons. The van der Waals surface area contributed by atoms with Crippen molar-refractivity contribution in [3.63, 3.8) is 0 Å². The molecule has 2 unspecified atom stereocenters. The van der Waals surface area contributed by atoms with Gasteiger partial charge in [-0.15, -0.1) is 12.4 Å². The van der Waals surface area contributed by atoms with Gasteiger partial charge in [0.15, 0.2) is 5.82 Å². The van der Waals surface area contributed by atoms with Crippen molar-refractivity contribution < 1.29 is 13.5 Å². The number of rotatable bonds is 3. The van der Waals surface area contributed by atoms with Crippen LogP contribution in [0.2, 0.25) is 0 Å². The molecule has 1 aromatic rings. The van der Waals surface area contributed by atoms with Crippen molar-refractivity contribution in [3.8, 4) is 5.88 Å². The predicted molar refractivity (Wildman–Crippen MR) is 60.2 cm³/mol. The zero-order valence-corrected chi connectivity index (χ0v) is 9.84. The smallest absolute Gasteiger partial charge is 0.250 e. The molecule has 1 saturated carbocycles. The van der Waals surface area contributed by atoms with Gasteiger partial charge in [-0.25, -0.2) is 13.8 Å². The third-order valence-electron chi connectivity index (χ3n) is 3.46. The van der Waals surface area contributed by atoms with Crippen molar-refractivity contribution in [2.24, 2.45) is 17.8 Å². The molecule has 6 heteroatoms. The molecule has 2 atom stereocenters. The van der Waals surface area contributed by atoms with E-state index >= 15 is 0 Å². The first-order valence-electron chi connectivity index (χ1n) is 5.40. The number of nitrogens with zero attached hydrogens (tertiary/aromatic N) is 1. The SMILES string of the molecule is Cl.Fc1cnc(OCC2C3CNCC32)c(F)c1. The van der Waals surface area contributed by atoms with Crippen LogP contribution in [0, 0.1) is 29.4 Å². The van der Waals surface area contributed by atoms with Crippen LogP contribution >= 0.6 is 12.4 Å². The molecular weight excluding hydrogens is 250 g/mol. The van der Waals surface area contributed by atoms with E-state index in [1.54, 1.807) is 0 Å². The average molecular weight is 263 g/mol. The fourth-order valence-electron chi connectivity index (χ4n) is 2.48. The lowest BCUT2D eigenvalue weighted by molar-refractivity contribution is 0.256. The molecule has 2 aliphatic rings. The van der Waals surface area contributed by atoms with Crippen molar-refractivity contribution in [2.75, 3.05) is 19.7 Å². The highest BCUT2D eigenvalue weighted by molar-refractivity contribution is 5.85. The largest absolute Gasteiger partial charge is 0.475 e. The zero-order chi connectivity index (χ0) is 11.1. The topological polar surface area (TPSA) is 34.1 Å². The first kappa shape index (κ1) is 12.5. The lowest BCUT2D eigenvalue weighted by Gasteiger charge is -2.07. The van der Waals surface area contributed by atoms with Crippen molar-refractivity contribution in [1.82, 2.24) is 10.3 Å². The Morgan fingerprint density at radius 3 is 2.71 bits per heavy atom. The number of halogens is 3. The van der Waals surface area contributed by atoms with Crippen LogP contribution in [0.3, 0.4) is 0 Å². The second-order valence-electron chi connectivity index (χ2n) is 4.40. The molecule has 2 fully saturated rings. The van der Waals surface area contributed by atoms with Crippen molar-refractivity contribution >= 4 is 12.4 Å². The Kier molecular flexibility index (Phi) is 3.49. The Bertz CT molecular complexity index is 408. The van der Waals surface area contributed by atoms with Crippen LogP contribution in [-0.2, 0) is 0 Å². The van der Waals surface area contributed by atoms with Crippen molar-refractivity contribution in [1.29, 1.82) is 0 Å². The highest BCUT2D eigenvalue weighted by atomic mass is 35.5. The number of pyridine rings is 1. The van der Waals surface area contributed by atoms with E-state index in [0.29, 0.717) is 24.4 Å². The second-order valence-corrected chi connectivity index (χ2v) is 4.40. The lowest BCUT2D eigenvalue weighted by atomic mass is 10.3. The number of piperidine rings is 1. The molecule has 94 valence electrons. The van der Waals surface area contributed by atoms with Crippen LogP contribution in [-0.4, -0.2) is 24.7 Å². The highest BCUT2D eigenvalue weighted by Crippen LogP contribution is 2.48. The van der Waals surface area contributed by atoms with E-state index in [-0.39, 0.29) is 18.3 Å². The Morgan fingerprint density at radius 1 is 1.35 bits per heavy atom. The molecule has 3 rings (SSSR count). The minimum absolute atomic E-state index is 0. The predicted octanol–water partition coefficient (Wildman–Crippen LogP) is 1.63. The summed E-state index contributed by atoms with van der Waals surface area (Å²) in [6.07, 6.45) is 0.966. The molecule has 1 aliphatic carbocycles. The maximum absolute atomic E-state index is 13.2. The Balaban J connectivity index is 0.00000108. The summed E-state index contributed by atoms with van der Waals surface area (Å²) in [6.45, 7) is 2.53. The Morgan fingerprint density at radius 2 is 2.06 bits per heavy atom. The third-order valence-corrected chi connectivity index (χ3v) is 3.46. The van der Waals surface area contributed by atoms with Gasteiger partial charge in [0, 0.05) is 12.0 Å². The van der Waals surface area contributed by atoms with Crippen molar-refractivity contribution in [3.05, 3.63) is 23.9 Å². The Labute approximate surface area is 104 Å². The number of aromatic nitrogens is 1. The van der Waals surface area contributed by atoms with Gasteiger partial charge in [-0.05, 0) is 24.9 Å². The van der Waals surface area contributed by atoms with E-state index in [1.807, 2.05) is 0 Å². The molecule has 17 heavy (non-hydrogen) atoms. The van der Waals surface area contributed by atoms with Gasteiger partial charge in [0.25, 0.3) is 5.88 Å². The number of ether oxygens (including phenoxy) is 1. The second kappa shape index (κ2) is 4.74. The molecule has 0 aromatic carbocycles. The molecule has 0 amide bonds. The van der Waals surface area contributed by atoms with Crippen LogP contribution in [0.25, 0.3) is 0 Å². The van der Waals surface area contributed by atoms with Gasteiger partial charge in [-0.3, -0.25) is 0 Å². The van der Waals surface area contributed by atoms with Crippen LogP contribution in [0.1, 0.15) is 0 Å². The van der Waals surface area contributed by atoms with Gasteiger partial charge in [0.05, 0.1) is 12.8 Å². The molecule has 0 spiro atoms. The van der Waals surface area contributed by atoms with Crippen molar-refractivity contribution in [2.45, 2.75) is 0 Å². The normalized spacial score (nSPS) is 29.4. The minimum atomic E-state index is -0.732. The maximum atomic E-state index is 13.2. The Hall–Kier alpha value is -0.940. The molecule has 1 aliphatic heterocycles. The van der Waals surface area contributed by atoms with Gasteiger partial charge in [0.2, 0.25) is 0 Å². The quantitative estimate of drug-likeness (QED) is 0.899. The van der Waals surface area contributed by atoms with E-state index < -0.39 is 11.6 Å². The van der Waals surface area contributed by atoms with E-state index in [1.165, 1.54) is 0 Å². The van der Waals surface area contributed by atoms with Gasteiger partial charge >= 0.3 is 0 Å². The zero-order valence-electron chi connectivity index (χ0n) is 9.03. The fourth-order valence-corrected chi connectivity index (χ4v) is 2.48. The summed E-state index contributed by atoms with van der Waals surface area (Å²) in [5.41, 5.74) is 0. The molecule has 1 N–H and O–H groups in total. The summed E-state index contributed by atoms with van der Waals surface area (Å²) >= 11 is 0. The molecule has 3 nitrogen and oxygen atoms in total. The number of hydrogen-bond donors (Lipinski definition) is 1. The average Bonchev–Trinajstić information content (AvgIpc) is 2.71. The number of nitrogens with one attached hydrogen (secondary N) is 1.